The van der Waals surface area contributed by atoms with Crippen LogP contribution in [-0.2, 0) is 0 Å². The maximum atomic E-state index is 16.6. The fraction of sp³-hybridized carbons (Fsp3) is 0.400. The van der Waals surface area contributed by atoms with Crippen molar-refractivity contribution in [1.82, 2.24) is 20.2 Å². The van der Waals surface area contributed by atoms with E-state index in [1.54, 1.807) is 12.1 Å². The number of aromatic nitrogens is 2. The first kappa shape index (κ1) is 24.8. The summed E-state index contributed by atoms with van der Waals surface area (Å²) in [5, 5.41) is 16.5. The average Bonchev–Trinajstić information content (AvgIpc) is 3.23. The van der Waals surface area contributed by atoms with Crippen LogP contribution in [0, 0.1) is 12.7 Å². The highest BCUT2D eigenvalue weighted by Gasteiger charge is 2.34. The molecule has 2 aliphatic rings. The topological polar surface area (TPSA) is 73.8 Å². The van der Waals surface area contributed by atoms with Crippen LogP contribution in [0.1, 0.15) is 24.8 Å². The van der Waals surface area contributed by atoms with Crippen molar-refractivity contribution in [2.24, 2.45) is 0 Å². The quantitative estimate of drug-likeness (QED) is 0.340. The molecule has 7 nitrogen and oxygen atoms in total. The number of fused-ring (bicyclic) bond motifs is 4. The second-order valence-electron chi connectivity index (χ2n) is 10.9. The minimum absolute atomic E-state index is 0.0992. The first-order valence-corrected chi connectivity index (χ1v) is 13.4. The van der Waals surface area contributed by atoms with E-state index >= 15 is 4.39 Å². The van der Waals surface area contributed by atoms with Gasteiger partial charge in [-0.1, -0.05) is 24.3 Å². The number of phenols is 1. The zero-order chi connectivity index (χ0) is 26.4. The molecule has 6 rings (SSSR count). The van der Waals surface area contributed by atoms with E-state index in [1.807, 2.05) is 51.4 Å². The largest absolute Gasteiger partial charge is 0.508 e. The van der Waals surface area contributed by atoms with Gasteiger partial charge in [-0.05, 0) is 80.4 Å². The van der Waals surface area contributed by atoms with Crippen LogP contribution >= 0.6 is 0 Å². The lowest BCUT2D eigenvalue weighted by molar-refractivity contribution is 0.264. The van der Waals surface area contributed by atoms with Crippen molar-refractivity contribution in [3.63, 3.8) is 0 Å². The number of benzene rings is 3. The second kappa shape index (κ2) is 10.0. The predicted molar refractivity (Wildman–Crippen MR) is 150 cm³/mol. The molecule has 2 fully saturated rings. The number of phenolic OH excluding ortho intramolecular Hbond substituents is 1. The number of halogens is 1. The van der Waals surface area contributed by atoms with Crippen LogP contribution in [-0.4, -0.2) is 72.4 Å². The molecule has 2 saturated heterocycles. The number of nitrogens with one attached hydrogen (secondary N) is 1. The van der Waals surface area contributed by atoms with E-state index in [4.69, 9.17) is 9.72 Å². The molecule has 3 heterocycles. The van der Waals surface area contributed by atoms with Gasteiger partial charge in [0.15, 0.2) is 5.82 Å². The molecule has 0 aliphatic carbocycles. The van der Waals surface area contributed by atoms with Crippen molar-refractivity contribution in [3.05, 3.63) is 53.8 Å². The van der Waals surface area contributed by atoms with Gasteiger partial charge in [0.2, 0.25) is 0 Å². The van der Waals surface area contributed by atoms with Crippen molar-refractivity contribution in [2.45, 2.75) is 38.3 Å². The lowest BCUT2D eigenvalue weighted by atomic mass is 9.93. The Hall–Kier alpha value is -3.49. The Morgan fingerprint density at radius 2 is 1.84 bits per heavy atom. The van der Waals surface area contributed by atoms with Gasteiger partial charge in [0, 0.05) is 42.7 Å². The summed E-state index contributed by atoms with van der Waals surface area (Å²) < 4.78 is 22.6. The highest BCUT2D eigenvalue weighted by molar-refractivity contribution is 6.02. The number of hydrogen-bond donors (Lipinski definition) is 2. The highest BCUT2D eigenvalue weighted by Crippen LogP contribution is 2.40. The summed E-state index contributed by atoms with van der Waals surface area (Å²) >= 11 is 0. The molecule has 2 atom stereocenters. The molecular formula is C30H34FN5O2. The molecule has 2 bridgehead atoms. The lowest BCUT2D eigenvalue weighted by Crippen LogP contribution is -2.51. The Morgan fingerprint density at radius 3 is 2.61 bits per heavy atom. The monoisotopic (exact) mass is 515 g/mol. The van der Waals surface area contributed by atoms with Crippen molar-refractivity contribution in [3.8, 4) is 22.9 Å². The van der Waals surface area contributed by atoms with Gasteiger partial charge in [0.05, 0.1) is 6.61 Å². The molecular weight excluding hydrogens is 481 g/mol. The summed E-state index contributed by atoms with van der Waals surface area (Å²) in [5.41, 5.74) is 2.10. The molecule has 3 aromatic carbocycles. The molecule has 4 aromatic rings. The molecule has 2 N–H and O–H groups in total. The third kappa shape index (κ3) is 4.63. The second-order valence-corrected chi connectivity index (χ2v) is 10.9. The molecule has 198 valence electrons. The van der Waals surface area contributed by atoms with Gasteiger partial charge in [-0.3, -0.25) is 0 Å². The number of piperazine rings is 1. The molecule has 0 spiro atoms. The molecule has 0 radical (unpaired) electrons. The Kier molecular flexibility index (Phi) is 6.53. The number of ether oxygens (including phenoxy) is 1. The van der Waals surface area contributed by atoms with Gasteiger partial charge in [0.25, 0.3) is 0 Å². The summed E-state index contributed by atoms with van der Waals surface area (Å²) in [6.45, 7) is 4.88. The van der Waals surface area contributed by atoms with E-state index < -0.39 is 5.82 Å². The summed E-state index contributed by atoms with van der Waals surface area (Å²) in [4.78, 5) is 13.8. The van der Waals surface area contributed by atoms with Gasteiger partial charge in [0.1, 0.15) is 17.1 Å². The van der Waals surface area contributed by atoms with Crippen molar-refractivity contribution in [1.29, 1.82) is 0 Å². The summed E-state index contributed by atoms with van der Waals surface area (Å²) in [7, 11) is 4.04. The Morgan fingerprint density at radius 1 is 1.08 bits per heavy atom. The fourth-order valence-electron chi connectivity index (χ4n) is 5.97. The highest BCUT2D eigenvalue weighted by atomic mass is 19.1. The van der Waals surface area contributed by atoms with Gasteiger partial charge in [-0.2, -0.15) is 9.97 Å². The Balaban J connectivity index is 1.50. The minimum Gasteiger partial charge on any atom is -0.508 e. The van der Waals surface area contributed by atoms with Crippen LogP contribution in [0.15, 0.2) is 42.5 Å². The first-order valence-electron chi connectivity index (χ1n) is 13.4. The zero-order valence-corrected chi connectivity index (χ0v) is 22.2. The molecule has 2 unspecified atom stereocenters. The van der Waals surface area contributed by atoms with Gasteiger partial charge in [-0.15, -0.1) is 0 Å². The van der Waals surface area contributed by atoms with Gasteiger partial charge < -0.3 is 25.0 Å². The molecule has 8 heteroatoms. The third-order valence-electron chi connectivity index (χ3n) is 7.70. The first-order chi connectivity index (χ1) is 18.4. The minimum atomic E-state index is -0.421. The number of aromatic hydroxyl groups is 1. The predicted octanol–water partition coefficient (Wildman–Crippen LogP) is 4.87. The summed E-state index contributed by atoms with van der Waals surface area (Å²) in [6, 6.07) is 14.1. The number of anilines is 1. The maximum absolute atomic E-state index is 16.6. The van der Waals surface area contributed by atoms with Crippen LogP contribution in [0.3, 0.4) is 0 Å². The van der Waals surface area contributed by atoms with Gasteiger partial charge in [-0.25, -0.2) is 4.39 Å². The van der Waals surface area contributed by atoms with E-state index in [2.05, 4.69) is 20.1 Å². The molecule has 0 amide bonds. The molecule has 2 aliphatic heterocycles. The standard InChI is InChI=1S/C30H34FN5O2/c1-18-13-25-28(27(31)26(18)24-15-22(37)14-19-7-4-5-8-23(19)24)33-30(38-12-6-11-35(2)3)34-29(25)36-16-20-9-10-21(17-36)32-20/h4-5,7-8,13-15,20-21,32,37H,6,9-12,16-17H2,1-3H3. The molecule has 1 aromatic heterocycles. The normalized spacial score (nSPS) is 19.1. The van der Waals surface area contributed by atoms with E-state index in [0.717, 1.165) is 61.1 Å². The number of nitrogens with zero attached hydrogens (tertiary/aromatic N) is 4. The van der Waals surface area contributed by atoms with Gasteiger partial charge >= 0.3 is 6.01 Å². The van der Waals surface area contributed by atoms with Crippen molar-refractivity contribution < 1.29 is 14.2 Å². The van der Waals surface area contributed by atoms with E-state index in [9.17, 15) is 5.11 Å². The average molecular weight is 516 g/mol. The van der Waals surface area contributed by atoms with E-state index in [1.165, 1.54) is 0 Å². The van der Waals surface area contributed by atoms with Crippen LogP contribution in [0.25, 0.3) is 32.8 Å². The SMILES string of the molecule is Cc1cc2c(N3CC4CCC(C3)N4)nc(OCCCN(C)C)nc2c(F)c1-c1cc(O)cc2ccccc12. The van der Waals surface area contributed by atoms with E-state index in [-0.39, 0.29) is 17.3 Å². The smallest absolute Gasteiger partial charge is 0.319 e. The van der Waals surface area contributed by atoms with E-state index in [0.29, 0.717) is 35.2 Å². The summed E-state index contributed by atoms with van der Waals surface area (Å²) in [5.74, 6) is 0.406. The number of hydrogen-bond acceptors (Lipinski definition) is 7. The third-order valence-corrected chi connectivity index (χ3v) is 7.70. The molecule has 0 saturated carbocycles. The maximum Gasteiger partial charge on any atom is 0.319 e. The summed E-state index contributed by atoms with van der Waals surface area (Å²) in [6.07, 6.45) is 3.10. The van der Waals surface area contributed by atoms with Crippen molar-refractivity contribution in [2.75, 3.05) is 45.2 Å². The van der Waals surface area contributed by atoms with Crippen LogP contribution < -0.4 is 15.0 Å². The number of aryl methyl sites for hydroxylation is 1. The number of rotatable bonds is 7. The Bertz CT molecular complexity index is 1500. The zero-order valence-electron chi connectivity index (χ0n) is 22.2. The van der Waals surface area contributed by atoms with Crippen LogP contribution in [0.2, 0.25) is 0 Å². The Labute approximate surface area is 222 Å². The fourth-order valence-corrected chi connectivity index (χ4v) is 5.97. The van der Waals surface area contributed by atoms with Crippen LogP contribution in [0.5, 0.6) is 11.8 Å². The van der Waals surface area contributed by atoms with Crippen LogP contribution in [0.4, 0.5) is 10.2 Å². The molecule has 38 heavy (non-hydrogen) atoms. The van der Waals surface area contributed by atoms with Crippen molar-refractivity contribution >= 4 is 27.5 Å². The lowest BCUT2D eigenvalue weighted by Gasteiger charge is -2.34.